The molecule has 1 aromatic carbocycles. The van der Waals surface area contributed by atoms with E-state index in [9.17, 15) is 0 Å². The quantitative estimate of drug-likeness (QED) is 0.755. The standard InChI is InChI=1S/C13H10Cl2N2O/c1-2-18-13-9(14)5-8-7-3-4-16-6-10(7)17-12(8)11(13)15/h3-6,17H,2H2,1H3. The lowest BCUT2D eigenvalue weighted by Gasteiger charge is -2.08. The average molecular weight is 281 g/mol. The van der Waals surface area contributed by atoms with Crippen molar-refractivity contribution >= 4 is 45.0 Å². The van der Waals surface area contributed by atoms with Gasteiger partial charge in [-0.3, -0.25) is 4.98 Å². The van der Waals surface area contributed by atoms with Crippen LogP contribution in [0, 0.1) is 0 Å². The van der Waals surface area contributed by atoms with E-state index in [1.165, 1.54) is 0 Å². The zero-order chi connectivity index (χ0) is 12.7. The molecule has 0 amide bonds. The first-order valence-electron chi connectivity index (χ1n) is 5.58. The molecule has 18 heavy (non-hydrogen) atoms. The molecule has 2 heterocycles. The zero-order valence-electron chi connectivity index (χ0n) is 9.63. The molecule has 5 heteroatoms. The molecule has 0 spiro atoms. The predicted molar refractivity (Wildman–Crippen MR) is 74.8 cm³/mol. The summed E-state index contributed by atoms with van der Waals surface area (Å²) in [4.78, 5) is 7.32. The highest BCUT2D eigenvalue weighted by Crippen LogP contribution is 2.41. The number of pyridine rings is 1. The summed E-state index contributed by atoms with van der Waals surface area (Å²) in [5.41, 5.74) is 1.76. The highest BCUT2D eigenvalue weighted by atomic mass is 35.5. The minimum Gasteiger partial charge on any atom is -0.491 e. The Morgan fingerprint density at radius 3 is 2.94 bits per heavy atom. The summed E-state index contributed by atoms with van der Waals surface area (Å²) in [5, 5.41) is 3.06. The molecule has 0 atom stereocenters. The van der Waals surface area contributed by atoms with Gasteiger partial charge in [0.25, 0.3) is 0 Å². The second-order valence-electron chi connectivity index (χ2n) is 3.90. The topological polar surface area (TPSA) is 37.9 Å². The minimum absolute atomic E-state index is 0.510. The van der Waals surface area contributed by atoms with Crippen molar-refractivity contribution in [3.8, 4) is 5.75 Å². The fraction of sp³-hybridized carbons (Fsp3) is 0.154. The van der Waals surface area contributed by atoms with Gasteiger partial charge in [-0.1, -0.05) is 23.2 Å². The average Bonchev–Trinajstić information content (AvgIpc) is 2.74. The largest absolute Gasteiger partial charge is 0.491 e. The second-order valence-corrected chi connectivity index (χ2v) is 4.69. The lowest BCUT2D eigenvalue weighted by Crippen LogP contribution is -1.93. The van der Waals surface area contributed by atoms with Crippen molar-refractivity contribution in [1.82, 2.24) is 9.97 Å². The lowest BCUT2D eigenvalue weighted by molar-refractivity contribution is 0.341. The molecule has 0 aliphatic heterocycles. The maximum atomic E-state index is 6.34. The van der Waals surface area contributed by atoms with Crippen LogP contribution in [0.2, 0.25) is 10.0 Å². The van der Waals surface area contributed by atoms with Crippen LogP contribution < -0.4 is 4.74 Å². The molecule has 0 radical (unpaired) electrons. The fourth-order valence-electron chi connectivity index (χ4n) is 2.08. The molecule has 0 aliphatic rings. The van der Waals surface area contributed by atoms with Crippen molar-refractivity contribution in [3.05, 3.63) is 34.6 Å². The van der Waals surface area contributed by atoms with Gasteiger partial charge >= 0.3 is 0 Å². The second kappa shape index (κ2) is 4.34. The van der Waals surface area contributed by atoms with Crippen molar-refractivity contribution in [2.75, 3.05) is 6.61 Å². The first-order valence-corrected chi connectivity index (χ1v) is 6.34. The van der Waals surface area contributed by atoms with Gasteiger partial charge in [0, 0.05) is 17.0 Å². The summed E-state index contributed by atoms with van der Waals surface area (Å²) in [6, 6.07) is 3.80. The number of ether oxygens (including phenoxy) is 1. The number of rotatable bonds is 2. The van der Waals surface area contributed by atoms with Crippen LogP contribution >= 0.6 is 23.2 Å². The SMILES string of the molecule is CCOc1c(Cl)cc2c([nH]c3cnccc32)c1Cl. The normalized spacial score (nSPS) is 11.3. The summed E-state index contributed by atoms with van der Waals surface area (Å²) in [5.74, 6) is 0.521. The van der Waals surface area contributed by atoms with Crippen molar-refractivity contribution < 1.29 is 4.74 Å². The highest BCUT2D eigenvalue weighted by molar-refractivity contribution is 6.42. The van der Waals surface area contributed by atoms with E-state index >= 15 is 0 Å². The van der Waals surface area contributed by atoms with Crippen LogP contribution in [-0.4, -0.2) is 16.6 Å². The van der Waals surface area contributed by atoms with E-state index in [0.717, 1.165) is 21.8 Å². The van der Waals surface area contributed by atoms with Crippen LogP contribution in [0.25, 0.3) is 21.8 Å². The molecular weight excluding hydrogens is 271 g/mol. The number of H-pyrrole nitrogens is 1. The molecule has 3 aromatic rings. The van der Waals surface area contributed by atoms with Crippen LogP contribution in [-0.2, 0) is 0 Å². The van der Waals surface area contributed by atoms with Crippen LogP contribution in [0.15, 0.2) is 24.5 Å². The van der Waals surface area contributed by atoms with Gasteiger partial charge in [-0.25, -0.2) is 0 Å². The Bertz CT molecular complexity index is 737. The first kappa shape index (κ1) is 11.6. The molecule has 0 saturated carbocycles. The summed E-state index contributed by atoms with van der Waals surface area (Å²) in [7, 11) is 0. The molecule has 3 nitrogen and oxygen atoms in total. The van der Waals surface area contributed by atoms with E-state index in [2.05, 4.69) is 9.97 Å². The summed E-state index contributed by atoms with van der Waals surface area (Å²) < 4.78 is 5.47. The van der Waals surface area contributed by atoms with Crippen molar-refractivity contribution in [1.29, 1.82) is 0 Å². The molecule has 92 valence electrons. The predicted octanol–water partition coefficient (Wildman–Crippen LogP) is 4.42. The van der Waals surface area contributed by atoms with E-state index in [1.807, 2.05) is 19.1 Å². The monoisotopic (exact) mass is 280 g/mol. The Morgan fingerprint density at radius 1 is 1.33 bits per heavy atom. The number of aromatic nitrogens is 2. The fourth-order valence-corrected chi connectivity index (χ4v) is 2.69. The Morgan fingerprint density at radius 2 is 2.17 bits per heavy atom. The third-order valence-corrected chi connectivity index (χ3v) is 3.48. The van der Waals surface area contributed by atoms with Crippen LogP contribution in [0.1, 0.15) is 6.92 Å². The van der Waals surface area contributed by atoms with Gasteiger partial charge < -0.3 is 9.72 Å². The number of halogens is 2. The van der Waals surface area contributed by atoms with Gasteiger partial charge in [0.2, 0.25) is 0 Å². The van der Waals surface area contributed by atoms with Crippen LogP contribution in [0.5, 0.6) is 5.75 Å². The van der Waals surface area contributed by atoms with E-state index in [1.54, 1.807) is 12.4 Å². The minimum atomic E-state index is 0.510. The van der Waals surface area contributed by atoms with Gasteiger partial charge in [-0.05, 0) is 19.1 Å². The van der Waals surface area contributed by atoms with E-state index in [0.29, 0.717) is 22.4 Å². The molecule has 2 aromatic heterocycles. The van der Waals surface area contributed by atoms with Gasteiger partial charge in [0.15, 0.2) is 5.75 Å². The molecule has 0 unspecified atom stereocenters. The Kier molecular flexibility index (Phi) is 2.80. The third-order valence-electron chi connectivity index (χ3n) is 2.84. The summed E-state index contributed by atoms with van der Waals surface area (Å²) in [6.45, 7) is 2.42. The maximum absolute atomic E-state index is 6.34. The first-order chi connectivity index (χ1) is 8.72. The third kappa shape index (κ3) is 1.62. The van der Waals surface area contributed by atoms with E-state index in [-0.39, 0.29) is 0 Å². The Hall–Kier alpha value is -1.45. The number of aromatic amines is 1. The molecule has 0 aliphatic carbocycles. The van der Waals surface area contributed by atoms with E-state index < -0.39 is 0 Å². The Labute approximate surface area is 114 Å². The molecule has 0 fully saturated rings. The van der Waals surface area contributed by atoms with Gasteiger partial charge in [0.05, 0.1) is 28.9 Å². The number of nitrogens with one attached hydrogen (secondary N) is 1. The lowest BCUT2D eigenvalue weighted by atomic mass is 10.2. The number of nitrogens with zero attached hydrogens (tertiary/aromatic N) is 1. The molecule has 0 saturated heterocycles. The molecule has 0 bridgehead atoms. The summed E-state index contributed by atoms with van der Waals surface area (Å²) in [6.07, 6.45) is 3.51. The molecule has 1 N–H and O–H groups in total. The number of hydrogen-bond acceptors (Lipinski definition) is 2. The number of hydrogen-bond donors (Lipinski definition) is 1. The molecule has 3 rings (SSSR count). The number of benzene rings is 1. The van der Waals surface area contributed by atoms with Crippen molar-refractivity contribution in [2.24, 2.45) is 0 Å². The van der Waals surface area contributed by atoms with Gasteiger partial charge in [-0.15, -0.1) is 0 Å². The van der Waals surface area contributed by atoms with Gasteiger partial charge in [0.1, 0.15) is 5.02 Å². The maximum Gasteiger partial charge on any atom is 0.158 e. The van der Waals surface area contributed by atoms with Crippen molar-refractivity contribution in [3.63, 3.8) is 0 Å². The molecular formula is C13H10Cl2N2O. The van der Waals surface area contributed by atoms with E-state index in [4.69, 9.17) is 27.9 Å². The van der Waals surface area contributed by atoms with Crippen LogP contribution in [0.3, 0.4) is 0 Å². The van der Waals surface area contributed by atoms with Gasteiger partial charge in [-0.2, -0.15) is 0 Å². The highest BCUT2D eigenvalue weighted by Gasteiger charge is 2.15. The Balaban J connectivity index is 2.42. The smallest absolute Gasteiger partial charge is 0.158 e. The zero-order valence-corrected chi connectivity index (χ0v) is 11.1. The number of fused-ring (bicyclic) bond motifs is 3. The summed E-state index contributed by atoms with van der Waals surface area (Å²) >= 11 is 12.5. The van der Waals surface area contributed by atoms with Crippen LogP contribution in [0.4, 0.5) is 0 Å². The van der Waals surface area contributed by atoms with Crippen molar-refractivity contribution in [2.45, 2.75) is 6.92 Å².